The summed E-state index contributed by atoms with van der Waals surface area (Å²) in [5.41, 5.74) is 0.736. The van der Waals surface area contributed by atoms with Crippen LogP contribution in [-0.2, 0) is 23.9 Å². The molecule has 7 nitrogen and oxygen atoms in total. The van der Waals surface area contributed by atoms with Gasteiger partial charge < -0.3 is 19.7 Å². The number of hydrogen-bond acceptors (Lipinski definition) is 7. The summed E-state index contributed by atoms with van der Waals surface area (Å²) in [5, 5.41) is 20.3. The lowest BCUT2D eigenvalue weighted by Gasteiger charge is -2.31. The van der Waals surface area contributed by atoms with Crippen LogP contribution in [0.5, 0.6) is 0 Å². The van der Waals surface area contributed by atoms with Gasteiger partial charge in [0.1, 0.15) is 24.6 Å². The summed E-state index contributed by atoms with van der Waals surface area (Å²) in [6, 6.07) is 0. The normalized spacial score (nSPS) is 33.6. The first-order chi connectivity index (χ1) is 12.8. The monoisotopic (exact) mass is 378 g/mol. The van der Waals surface area contributed by atoms with Gasteiger partial charge >= 0.3 is 11.9 Å². The molecule has 0 spiro atoms. The highest BCUT2D eigenvalue weighted by atomic mass is 16.6. The van der Waals surface area contributed by atoms with E-state index in [2.05, 4.69) is 6.58 Å². The molecule has 27 heavy (non-hydrogen) atoms. The van der Waals surface area contributed by atoms with Crippen molar-refractivity contribution in [2.24, 2.45) is 11.8 Å². The molecule has 1 aliphatic heterocycles. The fourth-order valence-corrected chi connectivity index (χ4v) is 3.18. The molecule has 2 rings (SSSR count). The highest BCUT2D eigenvalue weighted by Crippen LogP contribution is 2.36. The van der Waals surface area contributed by atoms with Crippen molar-refractivity contribution in [2.75, 3.05) is 6.61 Å². The lowest BCUT2D eigenvalue weighted by molar-refractivity contribution is -0.162. The molecule has 0 aromatic carbocycles. The van der Waals surface area contributed by atoms with Gasteiger partial charge in [0.25, 0.3) is 0 Å². The van der Waals surface area contributed by atoms with E-state index in [1.165, 1.54) is 0 Å². The van der Waals surface area contributed by atoms with E-state index in [1.54, 1.807) is 19.1 Å². The van der Waals surface area contributed by atoms with Gasteiger partial charge in [-0.1, -0.05) is 26.5 Å². The molecule has 1 saturated heterocycles. The maximum atomic E-state index is 12.4. The predicted molar refractivity (Wildman–Crippen MR) is 96.4 cm³/mol. The molecule has 0 radical (unpaired) electrons. The molecular formula is C20H26O7. The summed E-state index contributed by atoms with van der Waals surface area (Å²) in [6.07, 6.45) is 1.57. The predicted octanol–water partition coefficient (Wildman–Crippen LogP) is 1.24. The second kappa shape index (κ2) is 9.10. The fraction of sp³-hybridized carbons (Fsp3) is 0.550. The van der Waals surface area contributed by atoms with Crippen molar-refractivity contribution in [1.29, 1.82) is 0 Å². The zero-order chi connectivity index (χ0) is 20.1. The minimum atomic E-state index is -1.42. The number of hydrogen-bond donors (Lipinski definition) is 2. The molecule has 7 heteroatoms. The smallest absolute Gasteiger partial charge is 0.334 e. The third-order valence-electron chi connectivity index (χ3n) is 5.12. The molecule has 0 bridgehead atoms. The number of aldehydes is 1. The minimum Gasteiger partial charge on any atom is -0.458 e. The lowest BCUT2D eigenvalue weighted by Crippen LogP contribution is -2.43. The second-order valence-electron chi connectivity index (χ2n) is 6.92. The lowest BCUT2D eigenvalue weighted by atomic mass is 9.83. The molecule has 2 N–H and O–H groups in total. The number of ether oxygens (including phenoxy) is 2. The van der Waals surface area contributed by atoms with Gasteiger partial charge in [0.15, 0.2) is 0 Å². The van der Waals surface area contributed by atoms with Crippen LogP contribution in [0.4, 0.5) is 0 Å². The molecule has 0 aromatic heterocycles. The van der Waals surface area contributed by atoms with Gasteiger partial charge in [-0.3, -0.25) is 9.59 Å². The van der Waals surface area contributed by atoms with Gasteiger partial charge in [-0.2, -0.15) is 0 Å². The van der Waals surface area contributed by atoms with E-state index in [-0.39, 0.29) is 17.8 Å². The summed E-state index contributed by atoms with van der Waals surface area (Å²) in [6.45, 7) is 7.01. The molecule has 2 aliphatic rings. The third-order valence-corrected chi connectivity index (χ3v) is 5.12. The van der Waals surface area contributed by atoms with Crippen molar-refractivity contribution >= 4 is 18.2 Å². The van der Waals surface area contributed by atoms with Gasteiger partial charge in [-0.15, -0.1) is 0 Å². The molecule has 0 amide bonds. The molecular weight excluding hydrogens is 352 g/mol. The Morgan fingerprint density at radius 2 is 2.22 bits per heavy atom. The SMILES string of the molecule is C=C1C(=O)OC2/C=C(\CO)CC/C=C(\C=O)C(O)C(OC(=O)C(C)CC)C12. The highest BCUT2D eigenvalue weighted by Gasteiger charge is 2.48. The third kappa shape index (κ3) is 4.54. The number of rotatable bonds is 5. The maximum absolute atomic E-state index is 12.4. The Morgan fingerprint density at radius 1 is 1.52 bits per heavy atom. The Kier molecular flexibility index (Phi) is 7.10. The van der Waals surface area contributed by atoms with E-state index >= 15 is 0 Å². The van der Waals surface area contributed by atoms with Crippen LogP contribution in [0.3, 0.4) is 0 Å². The van der Waals surface area contributed by atoms with E-state index in [4.69, 9.17) is 9.47 Å². The first kappa shape index (κ1) is 21.1. The summed E-state index contributed by atoms with van der Waals surface area (Å²) in [5.74, 6) is -2.47. The minimum absolute atomic E-state index is 0.0559. The first-order valence-corrected chi connectivity index (χ1v) is 9.08. The summed E-state index contributed by atoms with van der Waals surface area (Å²) < 4.78 is 10.9. The van der Waals surface area contributed by atoms with E-state index in [1.807, 2.05) is 6.92 Å². The van der Waals surface area contributed by atoms with Crippen LogP contribution < -0.4 is 0 Å². The van der Waals surface area contributed by atoms with Crippen LogP contribution in [-0.4, -0.2) is 53.4 Å². The van der Waals surface area contributed by atoms with Crippen LogP contribution in [0.25, 0.3) is 0 Å². The zero-order valence-corrected chi connectivity index (χ0v) is 15.6. The van der Waals surface area contributed by atoms with Crippen molar-refractivity contribution in [3.8, 4) is 0 Å². The summed E-state index contributed by atoms with van der Waals surface area (Å²) >= 11 is 0. The van der Waals surface area contributed by atoms with E-state index in [0.717, 1.165) is 0 Å². The molecule has 1 heterocycles. The van der Waals surface area contributed by atoms with Gasteiger partial charge in [0, 0.05) is 11.1 Å². The van der Waals surface area contributed by atoms with Crippen LogP contribution >= 0.6 is 0 Å². The van der Waals surface area contributed by atoms with Gasteiger partial charge in [-0.05, 0) is 30.9 Å². The van der Waals surface area contributed by atoms with E-state index < -0.39 is 42.1 Å². The van der Waals surface area contributed by atoms with Gasteiger partial charge in [0.2, 0.25) is 0 Å². The van der Waals surface area contributed by atoms with E-state index in [9.17, 15) is 24.6 Å². The fourth-order valence-electron chi connectivity index (χ4n) is 3.18. The summed E-state index contributed by atoms with van der Waals surface area (Å²) in [7, 11) is 0. The number of allylic oxidation sites excluding steroid dienone is 1. The molecule has 0 saturated carbocycles. The molecule has 148 valence electrons. The number of carbonyl (C=O) groups is 3. The molecule has 1 aliphatic carbocycles. The van der Waals surface area contributed by atoms with Crippen LogP contribution in [0.2, 0.25) is 0 Å². The average Bonchev–Trinajstić information content (AvgIpc) is 2.94. The van der Waals surface area contributed by atoms with Crippen molar-refractivity contribution < 1.29 is 34.1 Å². The maximum Gasteiger partial charge on any atom is 0.334 e. The quantitative estimate of drug-likeness (QED) is 0.320. The average molecular weight is 378 g/mol. The van der Waals surface area contributed by atoms with Crippen LogP contribution in [0.1, 0.15) is 33.1 Å². The Bertz CT molecular complexity index is 676. The standard InChI is InChI=1S/C20H26O7/c1-4-11(2)19(24)27-18-16-12(3)20(25)26-15(16)8-13(9-21)6-5-7-14(10-22)17(18)23/h7-8,10-11,15-18,21,23H,3-6,9H2,1-2H3/b13-8-,14-7+. The number of fused-ring (bicyclic) bond motifs is 1. The first-order valence-electron chi connectivity index (χ1n) is 9.08. The second-order valence-corrected chi connectivity index (χ2v) is 6.92. The van der Waals surface area contributed by atoms with E-state index in [0.29, 0.717) is 31.1 Å². The van der Waals surface area contributed by atoms with Crippen molar-refractivity contribution in [2.45, 2.75) is 51.4 Å². The molecule has 5 unspecified atom stereocenters. The highest BCUT2D eigenvalue weighted by molar-refractivity contribution is 5.91. The number of carbonyl (C=O) groups excluding carboxylic acids is 3. The molecule has 5 atom stereocenters. The van der Waals surface area contributed by atoms with Crippen molar-refractivity contribution in [3.63, 3.8) is 0 Å². The summed E-state index contributed by atoms with van der Waals surface area (Å²) in [4.78, 5) is 36.0. The zero-order valence-electron chi connectivity index (χ0n) is 15.6. The Balaban J connectivity index is 2.50. The number of aliphatic hydroxyl groups excluding tert-OH is 2. The largest absolute Gasteiger partial charge is 0.458 e. The van der Waals surface area contributed by atoms with Crippen molar-refractivity contribution in [3.05, 3.63) is 35.5 Å². The number of aliphatic hydroxyl groups is 2. The number of esters is 2. The molecule has 1 fully saturated rings. The topological polar surface area (TPSA) is 110 Å². The van der Waals surface area contributed by atoms with Gasteiger partial charge in [0.05, 0.1) is 18.4 Å². The van der Waals surface area contributed by atoms with Gasteiger partial charge in [-0.25, -0.2) is 4.79 Å². The Hall–Kier alpha value is -2.25. The molecule has 0 aromatic rings. The van der Waals surface area contributed by atoms with Crippen LogP contribution in [0.15, 0.2) is 35.5 Å². The van der Waals surface area contributed by atoms with Crippen LogP contribution in [0, 0.1) is 11.8 Å². The Morgan fingerprint density at radius 3 is 2.81 bits per heavy atom. The van der Waals surface area contributed by atoms with Crippen molar-refractivity contribution in [1.82, 2.24) is 0 Å². The Labute approximate surface area is 158 Å².